The van der Waals surface area contributed by atoms with Crippen LogP contribution in [-0.2, 0) is 6.42 Å². The molecule has 0 aliphatic heterocycles. The van der Waals surface area contributed by atoms with E-state index in [1.165, 1.54) is 5.56 Å². The molecule has 0 radical (unpaired) electrons. The van der Waals surface area contributed by atoms with Crippen LogP contribution in [0.4, 0.5) is 0 Å². The molecule has 0 spiro atoms. The van der Waals surface area contributed by atoms with E-state index in [9.17, 15) is 0 Å². The van der Waals surface area contributed by atoms with Gasteiger partial charge in [0, 0.05) is 38.1 Å². The first-order valence-corrected chi connectivity index (χ1v) is 9.95. The number of likely N-dealkylation sites (N-methyl/N-ethyl adjacent to an activating group) is 1. The number of halogens is 1. The Balaban J connectivity index is 0.00000392. The summed E-state index contributed by atoms with van der Waals surface area (Å²) in [4.78, 5) is 7.05. The lowest BCUT2D eigenvalue weighted by Crippen LogP contribution is -2.39. The Hall–Kier alpha value is -1.61. The van der Waals surface area contributed by atoms with Crippen LogP contribution in [0.15, 0.2) is 47.7 Å². The molecule has 0 fully saturated rings. The second kappa shape index (κ2) is 13.5. The molecule has 0 aliphatic carbocycles. The second-order valence-corrected chi connectivity index (χ2v) is 6.79. The van der Waals surface area contributed by atoms with Crippen molar-refractivity contribution in [2.75, 3.05) is 33.2 Å². The van der Waals surface area contributed by atoms with Gasteiger partial charge in [-0.3, -0.25) is 4.99 Å². The standard InChI is InChI=1S/C21H34N6.HI/c1-5-18(3)26(4)17-15-24-21(22-6-2)23-14-12-19-8-10-20(11-9-19)27-16-7-13-25-27;/h7-11,13,16,18H,5-6,12,14-15,17H2,1-4H3,(H2,22,23,24);1H. The summed E-state index contributed by atoms with van der Waals surface area (Å²) in [6.07, 6.45) is 5.86. The summed E-state index contributed by atoms with van der Waals surface area (Å²) in [5.74, 6) is 0.892. The number of benzene rings is 1. The van der Waals surface area contributed by atoms with E-state index in [1.54, 1.807) is 6.20 Å². The van der Waals surface area contributed by atoms with Gasteiger partial charge in [0.1, 0.15) is 0 Å². The number of aliphatic imine (C=N–C) groups is 1. The molecule has 0 amide bonds. The van der Waals surface area contributed by atoms with Crippen LogP contribution < -0.4 is 10.6 Å². The molecular formula is C21H35IN6. The summed E-state index contributed by atoms with van der Waals surface area (Å²) in [5, 5.41) is 11.0. The van der Waals surface area contributed by atoms with Gasteiger partial charge < -0.3 is 15.5 Å². The highest BCUT2D eigenvalue weighted by Crippen LogP contribution is 2.08. The highest BCUT2D eigenvalue weighted by Gasteiger charge is 2.05. The first-order chi connectivity index (χ1) is 13.1. The molecular weight excluding hydrogens is 463 g/mol. The van der Waals surface area contributed by atoms with E-state index < -0.39 is 0 Å². The fraction of sp³-hybridized carbons (Fsp3) is 0.524. The average Bonchev–Trinajstić information content (AvgIpc) is 3.22. The number of nitrogens with zero attached hydrogens (tertiary/aromatic N) is 4. The first-order valence-electron chi connectivity index (χ1n) is 9.95. The number of hydrogen-bond acceptors (Lipinski definition) is 3. The zero-order valence-corrected chi connectivity index (χ0v) is 19.9. The third-order valence-corrected chi connectivity index (χ3v) is 4.82. The molecule has 2 aromatic rings. The minimum atomic E-state index is 0. The van der Waals surface area contributed by atoms with Crippen LogP contribution in [0, 0.1) is 0 Å². The van der Waals surface area contributed by atoms with E-state index in [0.29, 0.717) is 6.04 Å². The largest absolute Gasteiger partial charge is 0.357 e. The third kappa shape index (κ3) is 8.18. The van der Waals surface area contributed by atoms with Gasteiger partial charge in [-0.1, -0.05) is 19.1 Å². The molecule has 1 aromatic carbocycles. The average molecular weight is 498 g/mol. The van der Waals surface area contributed by atoms with Crippen molar-refractivity contribution in [3.63, 3.8) is 0 Å². The molecule has 0 aliphatic rings. The van der Waals surface area contributed by atoms with E-state index >= 15 is 0 Å². The second-order valence-electron chi connectivity index (χ2n) is 6.79. The minimum Gasteiger partial charge on any atom is -0.357 e. The SMILES string of the molecule is CCNC(=NCCN(C)C(C)CC)NCCc1ccc(-n2cccn2)cc1.I. The summed E-state index contributed by atoms with van der Waals surface area (Å²) in [6.45, 7) is 10.1. The summed E-state index contributed by atoms with van der Waals surface area (Å²) in [5.41, 5.74) is 2.38. The molecule has 2 N–H and O–H groups in total. The van der Waals surface area contributed by atoms with E-state index in [4.69, 9.17) is 4.99 Å². The molecule has 0 saturated heterocycles. The van der Waals surface area contributed by atoms with Gasteiger partial charge in [-0.15, -0.1) is 24.0 Å². The number of guanidine groups is 1. The Morgan fingerprint density at radius 1 is 1.21 bits per heavy atom. The Morgan fingerprint density at radius 3 is 2.57 bits per heavy atom. The summed E-state index contributed by atoms with van der Waals surface area (Å²) in [6, 6.07) is 11.0. The van der Waals surface area contributed by atoms with Gasteiger partial charge in [-0.25, -0.2) is 4.68 Å². The lowest BCUT2D eigenvalue weighted by atomic mass is 10.1. The molecule has 7 heteroatoms. The van der Waals surface area contributed by atoms with Crippen molar-refractivity contribution in [2.45, 2.75) is 39.7 Å². The molecule has 1 unspecified atom stereocenters. The highest BCUT2D eigenvalue weighted by molar-refractivity contribution is 14.0. The molecule has 6 nitrogen and oxygen atoms in total. The number of rotatable bonds is 10. The summed E-state index contributed by atoms with van der Waals surface area (Å²) >= 11 is 0. The van der Waals surface area contributed by atoms with Gasteiger partial charge >= 0.3 is 0 Å². The highest BCUT2D eigenvalue weighted by atomic mass is 127. The Labute approximate surface area is 186 Å². The van der Waals surface area contributed by atoms with Crippen LogP contribution in [0.5, 0.6) is 0 Å². The number of hydrogen-bond donors (Lipinski definition) is 2. The van der Waals surface area contributed by atoms with Crippen LogP contribution in [0.3, 0.4) is 0 Å². The molecule has 0 bridgehead atoms. The topological polar surface area (TPSA) is 57.5 Å². The molecule has 0 saturated carbocycles. The lowest BCUT2D eigenvalue weighted by molar-refractivity contribution is 0.259. The zero-order valence-electron chi connectivity index (χ0n) is 17.6. The van der Waals surface area contributed by atoms with Crippen molar-refractivity contribution < 1.29 is 0 Å². The van der Waals surface area contributed by atoms with E-state index in [-0.39, 0.29) is 24.0 Å². The fourth-order valence-corrected chi connectivity index (χ4v) is 2.76. The zero-order chi connectivity index (χ0) is 19.5. The molecule has 2 rings (SSSR count). The Bertz CT molecular complexity index is 669. The predicted molar refractivity (Wildman–Crippen MR) is 129 cm³/mol. The predicted octanol–water partition coefficient (Wildman–Crippen LogP) is 3.32. The van der Waals surface area contributed by atoms with Gasteiger partial charge in [0.25, 0.3) is 0 Å². The Kier molecular flexibility index (Phi) is 11.8. The molecule has 1 heterocycles. The molecule has 1 aromatic heterocycles. The van der Waals surface area contributed by atoms with Crippen LogP contribution in [0.2, 0.25) is 0 Å². The maximum atomic E-state index is 4.69. The van der Waals surface area contributed by atoms with Crippen LogP contribution in [0.25, 0.3) is 5.69 Å². The van der Waals surface area contributed by atoms with Crippen molar-refractivity contribution in [3.05, 3.63) is 48.3 Å². The van der Waals surface area contributed by atoms with Crippen molar-refractivity contribution >= 4 is 29.9 Å². The molecule has 28 heavy (non-hydrogen) atoms. The van der Waals surface area contributed by atoms with E-state index in [0.717, 1.165) is 50.7 Å². The van der Waals surface area contributed by atoms with Gasteiger partial charge in [0.15, 0.2) is 5.96 Å². The lowest BCUT2D eigenvalue weighted by Gasteiger charge is -2.22. The van der Waals surface area contributed by atoms with Crippen molar-refractivity contribution in [3.8, 4) is 5.69 Å². The maximum absolute atomic E-state index is 4.69. The van der Waals surface area contributed by atoms with Crippen molar-refractivity contribution in [1.29, 1.82) is 0 Å². The summed E-state index contributed by atoms with van der Waals surface area (Å²) < 4.78 is 1.87. The van der Waals surface area contributed by atoms with Crippen LogP contribution in [-0.4, -0.2) is 59.9 Å². The summed E-state index contributed by atoms with van der Waals surface area (Å²) in [7, 11) is 2.16. The number of aromatic nitrogens is 2. The van der Waals surface area contributed by atoms with Gasteiger partial charge in [0.05, 0.1) is 12.2 Å². The van der Waals surface area contributed by atoms with Gasteiger partial charge in [-0.05, 0) is 57.5 Å². The van der Waals surface area contributed by atoms with Crippen LogP contribution in [0.1, 0.15) is 32.8 Å². The normalized spacial score (nSPS) is 12.5. The van der Waals surface area contributed by atoms with Gasteiger partial charge in [0.2, 0.25) is 0 Å². The monoisotopic (exact) mass is 498 g/mol. The minimum absolute atomic E-state index is 0. The molecule has 1 atom stereocenters. The van der Waals surface area contributed by atoms with Crippen molar-refractivity contribution in [1.82, 2.24) is 25.3 Å². The third-order valence-electron chi connectivity index (χ3n) is 4.82. The van der Waals surface area contributed by atoms with Gasteiger partial charge in [-0.2, -0.15) is 5.10 Å². The van der Waals surface area contributed by atoms with Crippen LogP contribution >= 0.6 is 24.0 Å². The van der Waals surface area contributed by atoms with Crippen molar-refractivity contribution in [2.24, 2.45) is 4.99 Å². The first kappa shape index (κ1) is 24.4. The Morgan fingerprint density at radius 2 is 1.96 bits per heavy atom. The number of nitrogens with one attached hydrogen (secondary N) is 2. The quantitative estimate of drug-likeness (QED) is 0.300. The maximum Gasteiger partial charge on any atom is 0.191 e. The smallest absolute Gasteiger partial charge is 0.191 e. The molecule has 156 valence electrons. The van der Waals surface area contributed by atoms with E-state index in [1.807, 2.05) is 16.9 Å². The fourth-order valence-electron chi connectivity index (χ4n) is 2.76. The van der Waals surface area contributed by atoms with E-state index in [2.05, 4.69) is 72.7 Å².